The van der Waals surface area contributed by atoms with E-state index >= 15 is 0 Å². The molecule has 0 atom stereocenters. The number of carbonyl (C=O) groups is 8. The molecule has 11 aliphatic rings. The van der Waals surface area contributed by atoms with Crippen molar-refractivity contribution < 1.29 is 83.2 Å². The van der Waals surface area contributed by atoms with Gasteiger partial charge in [0.05, 0.1) is 61.0 Å². The van der Waals surface area contributed by atoms with Crippen LogP contribution in [0.25, 0.3) is 11.0 Å². The largest absolute Gasteiger partial charge is 1.00 e. The number of nitrogens with one attached hydrogen (secondary N) is 3. The van der Waals surface area contributed by atoms with Crippen molar-refractivity contribution in [3.8, 4) is 0 Å². The van der Waals surface area contributed by atoms with Crippen LogP contribution in [0.5, 0.6) is 0 Å². The first kappa shape index (κ1) is 117. The molecule has 12 heterocycles. The van der Waals surface area contributed by atoms with Crippen LogP contribution in [0.1, 0.15) is 202 Å². The fourth-order valence-corrected chi connectivity index (χ4v) is 19.5. The number of piperazine rings is 4. The van der Waals surface area contributed by atoms with Crippen molar-refractivity contribution in [1.29, 1.82) is 0 Å². The van der Waals surface area contributed by atoms with E-state index < -0.39 is 5.97 Å². The number of hydrogen-bond acceptors (Lipinski definition) is 29. The second-order valence-electron chi connectivity index (χ2n) is 36.4. The van der Waals surface area contributed by atoms with Gasteiger partial charge in [-0.25, -0.2) is 39.7 Å². The Balaban J connectivity index is 0.000000216. The van der Waals surface area contributed by atoms with E-state index in [0.717, 1.165) is 113 Å². The zero-order valence-electron chi connectivity index (χ0n) is 81.0. The van der Waals surface area contributed by atoms with Crippen molar-refractivity contribution in [2.45, 2.75) is 211 Å². The van der Waals surface area contributed by atoms with Crippen LogP contribution in [0.3, 0.4) is 0 Å². The third-order valence-corrected chi connectivity index (χ3v) is 28.7. The maximum Gasteiger partial charge on any atom is 1.00 e. The molecular weight excluding hydrogens is 1890 g/mol. The minimum atomic E-state index is -0.757. The van der Waals surface area contributed by atoms with Gasteiger partial charge < -0.3 is 66.4 Å². The topological polar surface area (TPSA) is 425 Å². The van der Waals surface area contributed by atoms with E-state index in [1.54, 1.807) is 47.7 Å². The first-order chi connectivity index (χ1) is 64.6. The predicted octanol–water partition coefficient (Wildman–Crippen LogP) is 7.85. The monoisotopic (exact) mass is 2030 g/mol. The number of imidazole rings is 2. The summed E-state index contributed by atoms with van der Waals surface area (Å²) in [7, 11) is 12.4. The van der Waals surface area contributed by atoms with Crippen molar-refractivity contribution in [3.63, 3.8) is 0 Å². The van der Waals surface area contributed by atoms with Crippen molar-refractivity contribution in [1.82, 2.24) is 119 Å². The minimum Gasteiger partial charge on any atom is -0.870 e. The number of carbonyl (C=O) groups excluding carboxylic acids is 7. The molecular formula is C94H142Cl6N25NaO11. The van der Waals surface area contributed by atoms with Crippen molar-refractivity contribution in [3.05, 3.63) is 129 Å². The number of amides is 4. The Labute approximate surface area is 859 Å². The van der Waals surface area contributed by atoms with Gasteiger partial charge in [0, 0.05) is 281 Å². The average molecular weight is 2030 g/mol. The molecule has 0 unspecified atom stereocenters. The molecule has 4 amide bonds. The molecule has 7 aromatic rings. The molecule has 11 fully saturated rings. The van der Waals surface area contributed by atoms with Crippen LogP contribution in [0, 0.1) is 23.7 Å². The third-order valence-electron chi connectivity index (χ3n) is 27.2. The van der Waals surface area contributed by atoms with Gasteiger partial charge in [-0.15, -0.1) is 12.4 Å². The molecule has 43 heteroatoms. The zero-order chi connectivity index (χ0) is 96.0. The molecule has 6 aliphatic carbocycles. The number of likely N-dealkylation sites (N-methyl/N-ethyl adjacent to an activating group) is 6. The van der Waals surface area contributed by atoms with Crippen LogP contribution < -0.4 is 51.2 Å². The Kier molecular flexibility index (Phi) is 52.7. The number of carboxylic acid groups (broad SMARTS) is 1. The first-order valence-corrected chi connectivity index (χ1v) is 49.7. The summed E-state index contributed by atoms with van der Waals surface area (Å²) in [6, 6.07) is 2.30. The van der Waals surface area contributed by atoms with E-state index in [4.69, 9.17) is 73.6 Å². The maximum absolute atomic E-state index is 12.4. The summed E-state index contributed by atoms with van der Waals surface area (Å²) in [5, 5.41) is 19.7. The van der Waals surface area contributed by atoms with Crippen LogP contribution in [0.15, 0.2) is 74.4 Å². The molecule has 5 aliphatic heterocycles. The number of rotatable bonds is 15. The van der Waals surface area contributed by atoms with Gasteiger partial charge in [0.1, 0.15) is 40.0 Å². The summed E-state index contributed by atoms with van der Waals surface area (Å²) in [4.78, 5) is 151. The smallest absolute Gasteiger partial charge is 0.870 e. The molecule has 0 radical (unpaired) electrons. The number of aliphatic carboxylic acids is 1. The van der Waals surface area contributed by atoms with Gasteiger partial charge in [0.25, 0.3) is 0 Å². The molecule has 5 saturated heterocycles. The maximum atomic E-state index is 12.4. The van der Waals surface area contributed by atoms with E-state index in [9.17, 15) is 38.4 Å². The number of hydrogen-bond donors (Lipinski definition) is 5. The molecule has 0 aromatic carbocycles. The molecule has 18 rings (SSSR count). The number of nitrogens with zero attached hydrogens (tertiary/aromatic N) is 21. The molecule has 0 spiro atoms. The number of ether oxygens (including phenoxy) is 1. The third kappa shape index (κ3) is 38.0. The number of Topliss-reactive ketones (excluding diaryl/α,β-unsaturated/α-hetero) is 3. The van der Waals surface area contributed by atoms with Crippen molar-refractivity contribution in [2.24, 2.45) is 29.4 Å². The summed E-state index contributed by atoms with van der Waals surface area (Å²) in [5.74, 6) is 3.06. The fourth-order valence-electron chi connectivity index (χ4n) is 18.5. The average Bonchev–Trinajstić information content (AvgIpc) is 1.45. The van der Waals surface area contributed by atoms with Gasteiger partial charge in [-0.3, -0.25) is 72.0 Å². The number of ketones is 3. The summed E-state index contributed by atoms with van der Waals surface area (Å²) in [6.45, 7) is 24.0. The van der Waals surface area contributed by atoms with Crippen molar-refractivity contribution in [2.75, 3.05) is 167 Å². The van der Waals surface area contributed by atoms with E-state index in [1.165, 1.54) is 135 Å². The zero-order valence-corrected chi connectivity index (χ0v) is 87.6. The molecule has 137 heavy (non-hydrogen) atoms. The number of nitrogens with two attached hydrogens (primary N) is 1. The van der Waals surface area contributed by atoms with Gasteiger partial charge in [-0.2, -0.15) is 0 Å². The van der Waals surface area contributed by atoms with E-state index in [-0.39, 0.29) is 119 Å². The van der Waals surface area contributed by atoms with Crippen LogP contribution in [0.2, 0.25) is 25.8 Å². The van der Waals surface area contributed by atoms with Gasteiger partial charge in [-0.1, -0.05) is 58.0 Å². The Morgan fingerprint density at radius 1 is 0.409 bits per heavy atom. The number of fused-ring (bicyclic) bond motifs is 2. The fraction of sp³-hybridized carbons (Fsp3) is 0.660. The van der Waals surface area contributed by atoms with Gasteiger partial charge in [-0.05, 0) is 151 Å². The van der Waals surface area contributed by atoms with E-state index in [1.807, 2.05) is 38.9 Å². The summed E-state index contributed by atoms with van der Waals surface area (Å²) >= 11 is 29.7. The molecule has 36 nitrogen and oxygen atoms in total. The molecule has 7 N–H and O–H groups in total. The van der Waals surface area contributed by atoms with Gasteiger partial charge in [0.15, 0.2) is 25.8 Å². The number of carboxylic acids is 1. The Morgan fingerprint density at radius 2 is 0.723 bits per heavy atom. The van der Waals surface area contributed by atoms with Crippen molar-refractivity contribution >= 4 is 129 Å². The predicted molar refractivity (Wildman–Crippen MR) is 527 cm³/mol. The molecule has 7 aromatic heterocycles. The van der Waals surface area contributed by atoms with Crippen LogP contribution in [-0.4, -0.2) is 345 Å². The van der Waals surface area contributed by atoms with Crippen LogP contribution >= 0.6 is 70.4 Å². The number of aromatic nitrogens is 12. The molecule has 6 saturated carbocycles. The van der Waals surface area contributed by atoms with Crippen LogP contribution in [0.4, 0.5) is 4.79 Å². The van der Waals surface area contributed by atoms with Crippen LogP contribution in [-0.2, 0) is 57.9 Å². The molecule has 0 bridgehead atoms. The standard InChI is InChI=1S/C17H26ClN5O.2C17H24ClN5.C12H14ClN3O2.C9H14O3.C7H10O3.C5H6ClN3.C5H10N2O.C5H12N2.ClH.Na.H2O/c1-22-8-10-23(11-9-22)14-4-2-13(3-5-14)17(24)21-12-15-16(18)20-7-6-19-15;2*1-21-8-10-22(11-9-21)14-4-2-13(3-5-14)17-20-12-15-16(18)19-6-7-23(15)17;13-11-10(14-5-6-15-11)7-16-12(18)8-1-3-9(17)4-2-8;1-2-12-9(11)7-3-5-8(10)6-4-7;8-6-3-1-5(2-4-6)7(9)10;6-5-4(3-7)8-1-2-9-5;1-6-3-4-7(2)5(6)8;1-7-4-2-6-3-5-7;;;/h6-7,13-14H,2-5,8-12H2,1H3,(H,21,24);2*6-7,12-14H,2-5,8-11H2,1H3;5-6,8H,1-4,7H2,(H,16,18);7H,2-6H2,1H3;5H,1-4H2,(H,9,10);1-2H,3,7H2;3-4H2,1-2H3;6H,2-5H2,1H3;1H;;1H2/q;;;;;;;;;;+1;/p-1. The minimum absolute atomic E-state index is 0. The Bertz CT molecular complexity index is 4670. The second kappa shape index (κ2) is 61.7. The summed E-state index contributed by atoms with van der Waals surface area (Å²) < 4.78 is 9.11. The Hall–Kier alpha value is -7.02. The SMILES string of the molecule is CCOC(=O)C1CCC(=O)CC1.CN1CCN(C)C1=O.CN1CCN(C2CCC(C(=O)NCc3nccnc3Cl)CC2)CC1.CN1CCN(C2CCC(c3ncc4c(Cl)nccn34)CC2)CC1.CN1CCN(C2CCC(c3ncc4c(Cl)nccn34)CC2)CC1.CN1CCNCC1.Cl.NCc1nccnc1Cl.O=C1CCC(C(=O)NCc2nccnc2Cl)CC1.O=C1CCC(C(=O)O)CC1.[Na+].[OH-]. The quantitative estimate of drug-likeness (QED) is 0.0481. The molecule has 752 valence electrons. The summed E-state index contributed by atoms with van der Waals surface area (Å²) in [6.07, 6.45) is 41.4. The van der Waals surface area contributed by atoms with Gasteiger partial charge >= 0.3 is 47.5 Å². The second-order valence-corrected chi connectivity index (χ2v) is 38.2. The number of halogens is 6. The number of esters is 1. The van der Waals surface area contributed by atoms with E-state index in [2.05, 4.69) is 137 Å². The first-order valence-electron chi connectivity index (χ1n) is 47.8. The Morgan fingerprint density at radius 3 is 1.03 bits per heavy atom. The number of urea groups is 1. The summed E-state index contributed by atoms with van der Waals surface area (Å²) in [5.41, 5.74) is 8.92. The normalized spacial score (nSPS) is 22.4. The van der Waals surface area contributed by atoms with E-state index in [0.29, 0.717) is 157 Å². The van der Waals surface area contributed by atoms with Gasteiger partial charge in [0.2, 0.25) is 11.8 Å².